The van der Waals surface area contributed by atoms with Crippen molar-refractivity contribution < 1.29 is 4.79 Å². The normalized spacial score (nSPS) is 23.5. The predicted octanol–water partition coefficient (Wildman–Crippen LogP) is 3.36. The Morgan fingerprint density at radius 3 is 2.76 bits per heavy atom. The summed E-state index contributed by atoms with van der Waals surface area (Å²) >= 11 is 0. The summed E-state index contributed by atoms with van der Waals surface area (Å²) < 4.78 is 0. The van der Waals surface area contributed by atoms with E-state index < -0.39 is 0 Å². The van der Waals surface area contributed by atoms with Crippen LogP contribution in [0.3, 0.4) is 0 Å². The van der Waals surface area contributed by atoms with E-state index in [2.05, 4.69) is 22.0 Å². The van der Waals surface area contributed by atoms with Crippen molar-refractivity contribution in [1.82, 2.24) is 9.88 Å². The van der Waals surface area contributed by atoms with Crippen molar-refractivity contribution in [3.8, 4) is 0 Å². The first-order chi connectivity index (χ1) is 10.2. The topological polar surface area (TPSA) is 33.2 Å². The number of rotatable bonds is 3. The molecule has 0 aromatic carbocycles. The molecule has 1 aliphatic heterocycles. The molecule has 3 heteroatoms. The van der Waals surface area contributed by atoms with Gasteiger partial charge in [-0.2, -0.15) is 0 Å². The van der Waals surface area contributed by atoms with Gasteiger partial charge in [0.25, 0.3) is 0 Å². The molecule has 2 heterocycles. The van der Waals surface area contributed by atoms with Gasteiger partial charge in [-0.15, -0.1) is 0 Å². The van der Waals surface area contributed by atoms with Crippen LogP contribution in [0.5, 0.6) is 0 Å². The van der Waals surface area contributed by atoms with Crippen LogP contribution in [0.25, 0.3) is 0 Å². The van der Waals surface area contributed by atoms with Gasteiger partial charge in [-0.1, -0.05) is 18.9 Å². The molecule has 21 heavy (non-hydrogen) atoms. The maximum atomic E-state index is 12.6. The van der Waals surface area contributed by atoms with Crippen LogP contribution >= 0.6 is 0 Å². The SMILES string of the molecule is Cc1ccc(CC2CCCN(C(=O)C3CCCC3)C2)cn1. The van der Waals surface area contributed by atoms with Gasteiger partial charge in [0.1, 0.15) is 0 Å². The zero-order valence-electron chi connectivity index (χ0n) is 13.1. The standard InChI is InChI=1S/C18H26N2O/c1-14-8-9-15(12-19-14)11-16-5-4-10-20(13-16)18(21)17-6-2-3-7-17/h8-9,12,16-17H,2-7,10-11,13H2,1H3. The highest BCUT2D eigenvalue weighted by Gasteiger charge is 2.30. The van der Waals surface area contributed by atoms with E-state index in [0.717, 1.165) is 44.5 Å². The van der Waals surface area contributed by atoms with Gasteiger partial charge in [-0.3, -0.25) is 9.78 Å². The Morgan fingerprint density at radius 2 is 2.05 bits per heavy atom. The van der Waals surface area contributed by atoms with Gasteiger partial charge in [-0.05, 0) is 56.6 Å². The van der Waals surface area contributed by atoms with Crippen LogP contribution in [0.1, 0.15) is 49.8 Å². The molecule has 114 valence electrons. The van der Waals surface area contributed by atoms with Crippen LogP contribution in [0, 0.1) is 18.8 Å². The molecule has 1 aromatic heterocycles. The highest BCUT2D eigenvalue weighted by Crippen LogP contribution is 2.29. The fourth-order valence-corrected chi connectivity index (χ4v) is 3.82. The fourth-order valence-electron chi connectivity index (χ4n) is 3.82. The molecule has 1 amide bonds. The number of pyridine rings is 1. The van der Waals surface area contributed by atoms with Gasteiger partial charge < -0.3 is 4.90 Å². The summed E-state index contributed by atoms with van der Waals surface area (Å²) in [6, 6.07) is 4.26. The minimum Gasteiger partial charge on any atom is -0.342 e. The third kappa shape index (κ3) is 3.63. The van der Waals surface area contributed by atoms with E-state index in [9.17, 15) is 4.79 Å². The third-order valence-electron chi connectivity index (χ3n) is 5.03. The molecular weight excluding hydrogens is 260 g/mol. The smallest absolute Gasteiger partial charge is 0.225 e. The lowest BCUT2D eigenvalue weighted by molar-refractivity contribution is -0.137. The van der Waals surface area contributed by atoms with Crippen LogP contribution in [-0.2, 0) is 11.2 Å². The Kier molecular flexibility index (Phi) is 4.57. The summed E-state index contributed by atoms with van der Waals surface area (Å²) in [6.07, 6.45) is 10.1. The maximum Gasteiger partial charge on any atom is 0.225 e. The van der Waals surface area contributed by atoms with Crippen LogP contribution in [0.15, 0.2) is 18.3 Å². The number of aryl methyl sites for hydroxylation is 1. The molecule has 3 nitrogen and oxygen atoms in total. The number of amides is 1. The van der Waals surface area contributed by atoms with Crippen molar-refractivity contribution in [3.05, 3.63) is 29.6 Å². The first-order valence-electron chi connectivity index (χ1n) is 8.42. The lowest BCUT2D eigenvalue weighted by Gasteiger charge is -2.34. The Bertz CT molecular complexity index is 476. The summed E-state index contributed by atoms with van der Waals surface area (Å²) in [5.41, 5.74) is 2.38. The summed E-state index contributed by atoms with van der Waals surface area (Å²) in [5.74, 6) is 1.36. The number of likely N-dealkylation sites (tertiary alicyclic amines) is 1. The minimum absolute atomic E-state index is 0.324. The zero-order chi connectivity index (χ0) is 14.7. The molecule has 1 saturated carbocycles. The van der Waals surface area contributed by atoms with Crippen LogP contribution < -0.4 is 0 Å². The summed E-state index contributed by atoms with van der Waals surface area (Å²) in [4.78, 5) is 19.1. The zero-order valence-corrected chi connectivity index (χ0v) is 13.1. The Labute approximate surface area is 127 Å². The molecule has 2 fully saturated rings. The van der Waals surface area contributed by atoms with E-state index in [1.54, 1.807) is 0 Å². The first kappa shape index (κ1) is 14.6. The molecule has 0 radical (unpaired) electrons. The average molecular weight is 286 g/mol. The molecule has 3 rings (SSSR count). The number of aromatic nitrogens is 1. The predicted molar refractivity (Wildman–Crippen MR) is 83.9 cm³/mol. The van der Waals surface area contributed by atoms with E-state index in [-0.39, 0.29) is 0 Å². The van der Waals surface area contributed by atoms with E-state index >= 15 is 0 Å². The Balaban J connectivity index is 1.57. The van der Waals surface area contributed by atoms with E-state index in [4.69, 9.17) is 0 Å². The summed E-state index contributed by atoms with van der Waals surface area (Å²) in [5, 5.41) is 0. The molecule has 1 atom stereocenters. The lowest BCUT2D eigenvalue weighted by atomic mass is 9.91. The number of piperidine rings is 1. The van der Waals surface area contributed by atoms with Gasteiger partial charge in [-0.25, -0.2) is 0 Å². The van der Waals surface area contributed by atoms with Gasteiger partial charge in [0.2, 0.25) is 5.91 Å². The van der Waals surface area contributed by atoms with E-state index in [1.165, 1.54) is 24.8 Å². The van der Waals surface area contributed by atoms with Crippen molar-refractivity contribution in [2.75, 3.05) is 13.1 Å². The quantitative estimate of drug-likeness (QED) is 0.853. The van der Waals surface area contributed by atoms with E-state index in [0.29, 0.717) is 17.7 Å². The van der Waals surface area contributed by atoms with Gasteiger partial charge in [0, 0.05) is 30.9 Å². The third-order valence-corrected chi connectivity index (χ3v) is 5.03. The number of hydrogen-bond acceptors (Lipinski definition) is 2. The summed E-state index contributed by atoms with van der Waals surface area (Å²) in [7, 11) is 0. The van der Waals surface area contributed by atoms with Gasteiger partial charge >= 0.3 is 0 Å². The Hall–Kier alpha value is -1.38. The molecule has 2 aliphatic rings. The largest absolute Gasteiger partial charge is 0.342 e. The van der Waals surface area contributed by atoms with Crippen molar-refractivity contribution in [1.29, 1.82) is 0 Å². The van der Waals surface area contributed by atoms with Crippen molar-refractivity contribution in [2.24, 2.45) is 11.8 Å². The second-order valence-electron chi connectivity index (χ2n) is 6.79. The van der Waals surface area contributed by atoms with Crippen molar-refractivity contribution in [2.45, 2.75) is 51.9 Å². The highest BCUT2D eigenvalue weighted by atomic mass is 16.2. The second-order valence-corrected chi connectivity index (χ2v) is 6.79. The van der Waals surface area contributed by atoms with Crippen LogP contribution in [-0.4, -0.2) is 28.9 Å². The molecule has 1 unspecified atom stereocenters. The second kappa shape index (κ2) is 6.59. The lowest BCUT2D eigenvalue weighted by Crippen LogP contribution is -2.43. The molecule has 0 spiro atoms. The molecular formula is C18H26N2O. The number of carbonyl (C=O) groups is 1. The molecule has 0 N–H and O–H groups in total. The van der Waals surface area contributed by atoms with Crippen LogP contribution in [0.2, 0.25) is 0 Å². The van der Waals surface area contributed by atoms with Crippen LogP contribution in [0.4, 0.5) is 0 Å². The summed E-state index contributed by atoms with van der Waals surface area (Å²) in [6.45, 7) is 3.94. The monoisotopic (exact) mass is 286 g/mol. The maximum absolute atomic E-state index is 12.6. The molecule has 0 bridgehead atoms. The highest BCUT2D eigenvalue weighted by molar-refractivity contribution is 5.79. The first-order valence-corrected chi connectivity index (χ1v) is 8.42. The Morgan fingerprint density at radius 1 is 1.24 bits per heavy atom. The molecule has 1 aromatic rings. The molecule has 1 aliphatic carbocycles. The molecule has 1 saturated heterocycles. The number of nitrogens with zero attached hydrogens (tertiary/aromatic N) is 2. The average Bonchev–Trinajstić information content (AvgIpc) is 3.03. The van der Waals surface area contributed by atoms with E-state index in [1.807, 2.05) is 13.1 Å². The van der Waals surface area contributed by atoms with Crippen molar-refractivity contribution in [3.63, 3.8) is 0 Å². The fraction of sp³-hybridized carbons (Fsp3) is 0.667. The minimum atomic E-state index is 0.324. The number of hydrogen-bond donors (Lipinski definition) is 0. The van der Waals surface area contributed by atoms with Gasteiger partial charge in [0.05, 0.1) is 0 Å². The van der Waals surface area contributed by atoms with Crippen molar-refractivity contribution >= 4 is 5.91 Å². The van der Waals surface area contributed by atoms with Gasteiger partial charge in [0.15, 0.2) is 0 Å². The number of carbonyl (C=O) groups excluding carboxylic acids is 1.